The van der Waals surface area contributed by atoms with Gasteiger partial charge in [0, 0.05) is 13.1 Å². The number of hydrogen-bond acceptors (Lipinski definition) is 3. The maximum atomic E-state index is 12.1. The van der Waals surface area contributed by atoms with E-state index in [2.05, 4.69) is 11.9 Å². The number of hydrogen-bond donors (Lipinski definition) is 1. The lowest BCUT2D eigenvalue weighted by Gasteiger charge is -2.13. The first-order chi connectivity index (χ1) is 7.59. The fourth-order valence-electron chi connectivity index (χ4n) is 1.34. The third-order valence-electron chi connectivity index (χ3n) is 2.32. The molecular formula is C12H17NO2S. The van der Waals surface area contributed by atoms with Crippen LogP contribution in [-0.4, -0.2) is 26.8 Å². The normalized spacial score (nSPS) is 13.3. The van der Waals surface area contributed by atoms with Crippen molar-refractivity contribution in [3.8, 4) is 0 Å². The lowest BCUT2D eigenvalue weighted by atomic mass is 10.4. The van der Waals surface area contributed by atoms with Crippen LogP contribution in [-0.2, 0) is 9.84 Å². The zero-order chi connectivity index (χ0) is 12.0. The summed E-state index contributed by atoms with van der Waals surface area (Å²) in [6.45, 7) is 6.33. The van der Waals surface area contributed by atoms with Crippen LogP contribution in [0.25, 0.3) is 0 Å². The predicted molar refractivity (Wildman–Crippen MR) is 66.2 cm³/mol. The maximum absolute atomic E-state index is 12.1. The Balaban J connectivity index is 2.74. The van der Waals surface area contributed by atoms with E-state index in [1.54, 1.807) is 43.3 Å². The Morgan fingerprint density at radius 1 is 1.38 bits per heavy atom. The zero-order valence-electron chi connectivity index (χ0n) is 9.39. The van der Waals surface area contributed by atoms with Crippen molar-refractivity contribution < 1.29 is 8.42 Å². The summed E-state index contributed by atoms with van der Waals surface area (Å²) >= 11 is 0. The summed E-state index contributed by atoms with van der Waals surface area (Å²) < 4.78 is 24.1. The second kappa shape index (κ2) is 5.82. The largest absolute Gasteiger partial charge is 0.312 e. The highest BCUT2D eigenvalue weighted by molar-refractivity contribution is 7.92. The molecule has 0 heterocycles. The van der Waals surface area contributed by atoms with Gasteiger partial charge < -0.3 is 5.32 Å². The van der Waals surface area contributed by atoms with Gasteiger partial charge in [-0.1, -0.05) is 24.3 Å². The van der Waals surface area contributed by atoms with E-state index in [1.165, 1.54) is 0 Å². The van der Waals surface area contributed by atoms with Crippen molar-refractivity contribution in [3.63, 3.8) is 0 Å². The third-order valence-corrected chi connectivity index (χ3v) is 4.48. The average molecular weight is 239 g/mol. The second-order valence-electron chi connectivity index (χ2n) is 3.62. The molecule has 88 valence electrons. The number of rotatable bonds is 6. The molecule has 0 amide bonds. The Morgan fingerprint density at radius 2 is 2.00 bits per heavy atom. The van der Waals surface area contributed by atoms with Crippen LogP contribution >= 0.6 is 0 Å². The van der Waals surface area contributed by atoms with Crippen molar-refractivity contribution in [1.82, 2.24) is 5.32 Å². The van der Waals surface area contributed by atoms with Gasteiger partial charge in [-0.2, -0.15) is 0 Å². The lowest BCUT2D eigenvalue weighted by molar-refractivity contribution is 0.576. The van der Waals surface area contributed by atoms with E-state index in [1.807, 2.05) is 0 Å². The maximum Gasteiger partial charge on any atom is 0.182 e. The Morgan fingerprint density at radius 3 is 2.56 bits per heavy atom. The molecule has 0 spiro atoms. The van der Waals surface area contributed by atoms with E-state index < -0.39 is 15.1 Å². The van der Waals surface area contributed by atoms with Crippen LogP contribution in [0.4, 0.5) is 0 Å². The summed E-state index contributed by atoms with van der Waals surface area (Å²) in [4.78, 5) is 0.378. The fourth-order valence-corrected chi connectivity index (χ4v) is 2.68. The Bertz CT molecular complexity index is 426. The highest BCUT2D eigenvalue weighted by Crippen LogP contribution is 2.14. The van der Waals surface area contributed by atoms with E-state index in [-0.39, 0.29) is 0 Å². The van der Waals surface area contributed by atoms with Crippen molar-refractivity contribution >= 4 is 9.84 Å². The van der Waals surface area contributed by atoms with Gasteiger partial charge in [0.25, 0.3) is 0 Å². The molecule has 1 aromatic carbocycles. The van der Waals surface area contributed by atoms with Crippen molar-refractivity contribution in [1.29, 1.82) is 0 Å². The predicted octanol–water partition coefficient (Wildman–Crippen LogP) is 1.62. The minimum atomic E-state index is -3.22. The third kappa shape index (κ3) is 3.18. The lowest BCUT2D eigenvalue weighted by Crippen LogP contribution is -2.31. The molecule has 0 aliphatic heterocycles. The quantitative estimate of drug-likeness (QED) is 0.606. The Labute approximate surface area is 97.1 Å². The first kappa shape index (κ1) is 12.9. The smallest absolute Gasteiger partial charge is 0.182 e. The summed E-state index contributed by atoms with van der Waals surface area (Å²) in [5, 5.41) is 2.58. The molecule has 0 aliphatic rings. The molecule has 0 aliphatic carbocycles. The molecule has 4 heteroatoms. The zero-order valence-corrected chi connectivity index (χ0v) is 10.2. The summed E-state index contributed by atoms with van der Waals surface area (Å²) in [7, 11) is -3.22. The average Bonchev–Trinajstić information content (AvgIpc) is 2.30. The van der Waals surface area contributed by atoms with Gasteiger partial charge >= 0.3 is 0 Å². The topological polar surface area (TPSA) is 46.2 Å². The van der Waals surface area contributed by atoms with Gasteiger partial charge in [0.15, 0.2) is 9.84 Å². The van der Waals surface area contributed by atoms with E-state index in [9.17, 15) is 8.42 Å². The molecule has 1 atom stereocenters. The Hall–Kier alpha value is -1.13. The highest BCUT2D eigenvalue weighted by Gasteiger charge is 2.22. The molecule has 16 heavy (non-hydrogen) atoms. The molecule has 0 bridgehead atoms. The molecule has 0 saturated carbocycles. The van der Waals surface area contributed by atoms with Gasteiger partial charge in [0.05, 0.1) is 10.1 Å². The first-order valence-electron chi connectivity index (χ1n) is 5.19. The molecule has 0 saturated heterocycles. The molecule has 1 aromatic rings. The van der Waals surface area contributed by atoms with Gasteiger partial charge in [-0.05, 0) is 19.1 Å². The Kier molecular flexibility index (Phi) is 4.71. The molecule has 0 aromatic heterocycles. The molecule has 1 N–H and O–H groups in total. The van der Waals surface area contributed by atoms with E-state index in [0.29, 0.717) is 18.0 Å². The fraction of sp³-hybridized carbons (Fsp3) is 0.333. The van der Waals surface area contributed by atoms with Gasteiger partial charge in [0.1, 0.15) is 0 Å². The second-order valence-corrected chi connectivity index (χ2v) is 5.98. The van der Waals surface area contributed by atoms with Crippen LogP contribution in [0.1, 0.15) is 6.92 Å². The monoisotopic (exact) mass is 239 g/mol. The molecule has 0 fully saturated rings. The van der Waals surface area contributed by atoms with E-state index in [0.717, 1.165) is 0 Å². The van der Waals surface area contributed by atoms with E-state index in [4.69, 9.17) is 0 Å². The summed E-state index contributed by atoms with van der Waals surface area (Å²) in [5.41, 5.74) is 0. The van der Waals surface area contributed by atoms with Crippen LogP contribution in [0.5, 0.6) is 0 Å². The highest BCUT2D eigenvalue weighted by atomic mass is 32.2. The minimum absolute atomic E-state index is 0.378. The number of nitrogens with one attached hydrogen (secondary N) is 1. The number of benzene rings is 1. The van der Waals surface area contributed by atoms with Crippen LogP contribution in [0.3, 0.4) is 0 Å². The van der Waals surface area contributed by atoms with Gasteiger partial charge in [0.2, 0.25) is 0 Å². The molecule has 1 rings (SSSR count). The minimum Gasteiger partial charge on any atom is -0.312 e. The SMILES string of the molecule is C=CCNCC(C)S(=O)(=O)c1ccccc1. The number of sulfone groups is 1. The first-order valence-corrected chi connectivity index (χ1v) is 6.74. The van der Waals surface area contributed by atoms with Crippen LogP contribution in [0.15, 0.2) is 47.9 Å². The van der Waals surface area contributed by atoms with Crippen molar-refractivity contribution in [2.45, 2.75) is 17.1 Å². The van der Waals surface area contributed by atoms with E-state index >= 15 is 0 Å². The van der Waals surface area contributed by atoms with Crippen molar-refractivity contribution in [3.05, 3.63) is 43.0 Å². The standard InChI is InChI=1S/C12H17NO2S/c1-3-9-13-10-11(2)16(14,15)12-7-5-4-6-8-12/h3-8,11,13H,1,9-10H2,2H3. The summed E-state index contributed by atoms with van der Waals surface area (Å²) in [6.07, 6.45) is 1.71. The molecule has 3 nitrogen and oxygen atoms in total. The van der Waals surface area contributed by atoms with Gasteiger partial charge in [-0.3, -0.25) is 0 Å². The van der Waals surface area contributed by atoms with Gasteiger partial charge in [-0.15, -0.1) is 6.58 Å². The van der Waals surface area contributed by atoms with Crippen molar-refractivity contribution in [2.24, 2.45) is 0 Å². The summed E-state index contributed by atoms with van der Waals surface area (Å²) in [6, 6.07) is 8.52. The summed E-state index contributed by atoms with van der Waals surface area (Å²) in [5.74, 6) is 0. The molecule has 1 unspecified atom stereocenters. The van der Waals surface area contributed by atoms with Crippen LogP contribution < -0.4 is 5.32 Å². The van der Waals surface area contributed by atoms with Gasteiger partial charge in [-0.25, -0.2) is 8.42 Å². The molecular weight excluding hydrogens is 222 g/mol. The van der Waals surface area contributed by atoms with Crippen LogP contribution in [0, 0.1) is 0 Å². The van der Waals surface area contributed by atoms with Crippen molar-refractivity contribution in [2.75, 3.05) is 13.1 Å². The van der Waals surface area contributed by atoms with Crippen LogP contribution in [0.2, 0.25) is 0 Å². The molecule has 0 radical (unpaired) electrons.